The zero-order valence-corrected chi connectivity index (χ0v) is 14.6. The van der Waals surface area contributed by atoms with E-state index in [1.807, 2.05) is 31.3 Å². The zero-order valence-electron chi connectivity index (χ0n) is 13.0. The van der Waals surface area contributed by atoms with Crippen molar-refractivity contribution >= 4 is 34.2 Å². The first kappa shape index (κ1) is 16.9. The average molecular weight is 366 g/mol. The fraction of sp³-hybridized carbons (Fsp3) is 0.235. The number of aryl methyl sites for hydroxylation is 1. The lowest BCUT2D eigenvalue weighted by molar-refractivity contribution is 0.0922. The van der Waals surface area contributed by atoms with Gasteiger partial charge in [-0.3, -0.25) is 5.41 Å². The maximum absolute atomic E-state index is 10.3. The van der Waals surface area contributed by atoms with Gasteiger partial charge >= 0.3 is 0 Å². The summed E-state index contributed by atoms with van der Waals surface area (Å²) in [4.78, 5) is 0. The largest absolute Gasteiger partial charge is 0.489 e. The lowest BCUT2D eigenvalue weighted by atomic mass is 10.3. The SMILES string of the molecule is Cn1c(=N)n(CC(O)COc2ccc(Cl)cc2Cl)c2ccccc21. The van der Waals surface area contributed by atoms with Crippen molar-refractivity contribution in [1.82, 2.24) is 9.13 Å². The molecule has 126 valence electrons. The summed E-state index contributed by atoms with van der Waals surface area (Å²) in [5.41, 5.74) is 2.16. The molecule has 0 fully saturated rings. The summed E-state index contributed by atoms with van der Waals surface area (Å²) in [7, 11) is 1.83. The zero-order chi connectivity index (χ0) is 17.3. The molecule has 0 aliphatic rings. The number of benzene rings is 2. The van der Waals surface area contributed by atoms with Gasteiger partial charge in [-0.2, -0.15) is 0 Å². The molecule has 3 rings (SSSR count). The molecule has 1 unspecified atom stereocenters. The van der Waals surface area contributed by atoms with Crippen molar-refractivity contribution in [2.45, 2.75) is 12.6 Å². The van der Waals surface area contributed by atoms with Crippen LogP contribution in [0.1, 0.15) is 0 Å². The molecular formula is C17H17Cl2N3O2. The highest BCUT2D eigenvalue weighted by Gasteiger charge is 2.13. The number of hydrogen-bond acceptors (Lipinski definition) is 3. The number of aliphatic hydroxyl groups excluding tert-OH is 1. The number of hydrogen-bond donors (Lipinski definition) is 2. The summed E-state index contributed by atoms with van der Waals surface area (Å²) >= 11 is 11.9. The number of imidazole rings is 1. The third-order valence-electron chi connectivity index (χ3n) is 3.83. The first-order chi connectivity index (χ1) is 11.5. The van der Waals surface area contributed by atoms with Crippen molar-refractivity contribution in [2.75, 3.05) is 6.61 Å². The fourth-order valence-corrected chi connectivity index (χ4v) is 3.07. The predicted octanol–water partition coefficient (Wildman–Crippen LogP) is 3.21. The molecule has 0 saturated carbocycles. The Bertz CT molecular complexity index is 933. The van der Waals surface area contributed by atoms with Crippen molar-refractivity contribution in [3.63, 3.8) is 0 Å². The Kier molecular flexibility index (Phi) is 4.85. The van der Waals surface area contributed by atoms with Crippen LogP contribution in [-0.2, 0) is 13.6 Å². The van der Waals surface area contributed by atoms with Crippen LogP contribution in [-0.4, -0.2) is 27.0 Å². The molecule has 24 heavy (non-hydrogen) atoms. The topological polar surface area (TPSA) is 63.2 Å². The van der Waals surface area contributed by atoms with Crippen LogP contribution in [0.3, 0.4) is 0 Å². The summed E-state index contributed by atoms with van der Waals surface area (Å²) in [6.07, 6.45) is -0.781. The molecule has 2 aromatic carbocycles. The lowest BCUT2D eigenvalue weighted by Crippen LogP contribution is -2.30. The number of aliphatic hydroxyl groups is 1. The van der Waals surface area contributed by atoms with Crippen LogP contribution in [0.5, 0.6) is 5.75 Å². The summed E-state index contributed by atoms with van der Waals surface area (Å²) in [5.74, 6) is 0.467. The monoisotopic (exact) mass is 365 g/mol. The van der Waals surface area contributed by atoms with E-state index in [0.717, 1.165) is 11.0 Å². The maximum atomic E-state index is 10.3. The van der Waals surface area contributed by atoms with Gasteiger partial charge in [0, 0.05) is 12.1 Å². The van der Waals surface area contributed by atoms with Gasteiger partial charge in [-0.25, -0.2) is 0 Å². The molecule has 0 aliphatic heterocycles. The minimum Gasteiger partial charge on any atom is -0.489 e. The van der Waals surface area contributed by atoms with E-state index in [2.05, 4.69) is 0 Å². The molecular weight excluding hydrogens is 349 g/mol. The van der Waals surface area contributed by atoms with Gasteiger partial charge in [-0.15, -0.1) is 0 Å². The van der Waals surface area contributed by atoms with E-state index in [1.54, 1.807) is 27.3 Å². The van der Waals surface area contributed by atoms with Crippen LogP contribution < -0.4 is 10.4 Å². The number of rotatable bonds is 5. The number of ether oxygens (including phenoxy) is 1. The first-order valence-corrected chi connectivity index (χ1v) is 8.17. The second-order valence-electron chi connectivity index (χ2n) is 5.52. The Morgan fingerprint density at radius 1 is 1.17 bits per heavy atom. The van der Waals surface area contributed by atoms with Crippen molar-refractivity contribution in [2.24, 2.45) is 7.05 Å². The van der Waals surface area contributed by atoms with Gasteiger partial charge in [0.25, 0.3) is 0 Å². The van der Waals surface area contributed by atoms with Crippen molar-refractivity contribution in [3.8, 4) is 5.75 Å². The minimum absolute atomic E-state index is 0.0665. The van der Waals surface area contributed by atoms with Crippen LogP contribution in [0.15, 0.2) is 42.5 Å². The van der Waals surface area contributed by atoms with Crippen LogP contribution in [0.4, 0.5) is 0 Å². The standard InChI is InChI=1S/C17H17Cl2N3O2/c1-21-14-4-2-3-5-15(14)22(17(21)20)9-12(23)10-24-16-7-6-11(18)8-13(16)19/h2-8,12,20,23H,9-10H2,1H3. The number of para-hydroxylation sites is 2. The normalized spacial score (nSPS) is 12.5. The Morgan fingerprint density at radius 2 is 1.88 bits per heavy atom. The third-order valence-corrected chi connectivity index (χ3v) is 4.36. The molecule has 0 bridgehead atoms. The van der Waals surface area contributed by atoms with Crippen molar-refractivity contribution in [3.05, 3.63) is 58.1 Å². The number of nitrogens with one attached hydrogen (secondary N) is 1. The average Bonchev–Trinajstić information content (AvgIpc) is 2.79. The van der Waals surface area contributed by atoms with Gasteiger partial charge in [0.1, 0.15) is 18.5 Å². The molecule has 7 heteroatoms. The molecule has 2 N–H and O–H groups in total. The molecule has 0 spiro atoms. The molecule has 5 nitrogen and oxygen atoms in total. The maximum Gasteiger partial charge on any atom is 0.202 e. The molecule has 0 amide bonds. The van der Waals surface area contributed by atoms with Crippen LogP contribution in [0.2, 0.25) is 10.0 Å². The van der Waals surface area contributed by atoms with Gasteiger partial charge in [0.2, 0.25) is 5.62 Å². The minimum atomic E-state index is -0.781. The number of nitrogens with zero attached hydrogens (tertiary/aromatic N) is 2. The summed E-state index contributed by atoms with van der Waals surface area (Å²) in [5, 5.41) is 19.4. The smallest absolute Gasteiger partial charge is 0.202 e. The van der Waals surface area contributed by atoms with Crippen LogP contribution in [0.25, 0.3) is 11.0 Å². The Morgan fingerprint density at radius 3 is 2.58 bits per heavy atom. The Labute approximate surface area is 149 Å². The molecule has 1 atom stereocenters. The summed E-state index contributed by atoms with van der Waals surface area (Å²) < 4.78 is 9.10. The van der Waals surface area contributed by atoms with Crippen LogP contribution >= 0.6 is 23.2 Å². The highest BCUT2D eigenvalue weighted by Crippen LogP contribution is 2.27. The highest BCUT2D eigenvalue weighted by molar-refractivity contribution is 6.35. The molecule has 0 aliphatic carbocycles. The van der Waals surface area contributed by atoms with E-state index in [0.29, 0.717) is 21.4 Å². The number of halogens is 2. The van der Waals surface area contributed by atoms with Gasteiger partial charge in [0.15, 0.2) is 0 Å². The first-order valence-electron chi connectivity index (χ1n) is 7.42. The highest BCUT2D eigenvalue weighted by atomic mass is 35.5. The van der Waals surface area contributed by atoms with Crippen molar-refractivity contribution in [1.29, 1.82) is 5.41 Å². The Balaban J connectivity index is 1.75. The van der Waals surface area contributed by atoms with E-state index in [9.17, 15) is 5.11 Å². The molecule has 1 aromatic heterocycles. The molecule has 3 aromatic rings. The second-order valence-corrected chi connectivity index (χ2v) is 6.37. The Hall–Kier alpha value is -1.95. The molecule has 0 radical (unpaired) electrons. The number of aromatic nitrogens is 2. The summed E-state index contributed by atoms with van der Waals surface area (Å²) in [6.45, 7) is 0.322. The van der Waals surface area contributed by atoms with E-state index in [4.69, 9.17) is 33.3 Å². The quantitative estimate of drug-likeness (QED) is 0.729. The van der Waals surface area contributed by atoms with Crippen molar-refractivity contribution < 1.29 is 9.84 Å². The molecule has 0 saturated heterocycles. The van der Waals surface area contributed by atoms with Crippen LogP contribution in [0, 0.1) is 5.41 Å². The van der Waals surface area contributed by atoms with Gasteiger partial charge in [-0.05, 0) is 30.3 Å². The fourth-order valence-electron chi connectivity index (χ4n) is 2.61. The number of fused-ring (bicyclic) bond motifs is 1. The van der Waals surface area contributed by atoms with Gasteiger partial charge in [-0.1, -0.05) is 35.3 Å². The predicted molar refractivity (Wildman–Crippen MR) is 94.7 cm³/mol. The van der Waals surface area contributed by atoms with Gasteiger partial charge < -0.3 is 19.0 Å². The van der Waals surface area contributed by atoms with E-state index in [1.165, 1.54) is 0 Å². The second kappa shape index (κ2) is 6.89. The molecule has 1 heterocycles. The van der Waals surface area contributed by atoms with E-state index < -0.39 is 6.10 Å². The van der Waals surface area contributed by atoms with E-state index in [-0.39, 0.29) is 13.2 Å². The third kappa shape index (κ3) is 3.29. The lowest BCUT2D eigenvalue weighted by Gasteiger charge is -2.14. The van der Waals surface area contributed by atoms with E-state index >= 15 is 0 Å². The summed E-state index contributed by atoms with van der Waals surface area (Å²) in [6, 6.07) is 12.6. The van der Waals surface area contributed by atoms with Gasteiger partial charge in [0.05, 0.1) is 22.6 Å².